The SMILES string of the molecule is N#Cc1cccc(C(O)Cc2c(F)ccc(Br)c2F)c1. The Morgan fingerprint density at radius 1 is 1.25 bits per heavy atom. The highest BCUT2D eigenvalue weighted by Crippen LogP contribution is 2.26. The van der Waals surface area contributed by atoms with Crippen molar-refractivity contribution in [2.24, 2.45) is 0 Å². The summed E-state index contributed by atoms with van der Waals surface area (Å²) in [6, 6.07) is 10.7. The number of benzene rings is 2. The predicted octanol–water partition coefficient (Wildman–Crippen LogP) is 3.88. The molecule has 5 heteroatoms. The topological polar surface area (TPSA) is 44.0 Å². The zero-order valence-corrected chi connectivity index (χ0v) is 11.9. The van der Waals surface area contributed by atoms with Gasteiger partial charge < -0.3 is 5.11 Å². The average Bonchev–Trinajstić information content (AvgIpc) is 2.47. The molecule has 2 nitrogen and oxygen atoms in total. The van der Waals surface area contributed by atoms with Crippen LogP contribution in [0.15, 0.2) is 40.9 Å². The van der Waals surface area contributed by atoms with Crippen LogP contribution in [0.1, 0.15) is 22.8 Å². The molecule has 0 fully saturated rings. The summed E-state index contributed by atoms with van der Waals surface area (Å²) < 4.78 is 27.6. The Hall–Kier alpha value is -1.77. The van der Waals surface area contributed by atoms with Crippen molar-refractivity contribution in [3.8, 4) is 6.07 Å². The van der Waals surface area contributed by atoms with E-state index in [0.717, 1.165) is 6.07 Å². The molecule has 0 aliphatic carbocycles. The lowest BCUT2D eigenvalue weighted by molar-refractivity contribution is 0.175. The van der Waals surface area contributed by atoms with Crippen LogP contribution in [-0.4, -0.2) is 5.11 Å². The molecular formula is C15H10BrF2NO. The summed E-state index contributed by atoms with van der Waals surface area (Å²) in [6.45, 7) is 0. The van der Waals surface area contributed by atoms with Gasteiger partial charge in [0.2, 0.25) is 0 Å². The first kappa shape index (κ1) is 14.6. The van der Waals surface area contributed by atoms with Gasteiger partial charge >= 0.3 is 0 Å². The van der Waals surface area contributed by atoms with Crippen LogP contribution in [0.5, 0.6) is 0 Å². The zero-order valence-electron chi connectivity index (χ0n) is 10.3. The molecule has 1 N–H and O–H groups in total. The second kappa shape index (κ2) is 6.12. The highest BCUT2D eigenvalue weighted by atomic mass is 79.9. The molecule has 2 aromatic rings. The van der Waals surface area contributed by atoms with Gasteiger partial charge in [-0.1, -0.05) is 12.1 Å². The summed E-state index contributed by atoms with van der Waals surface area (Å²) in [5.74, 6) is -1.43. The van der Waals surface area contributed by atoms with Gasteiger partial charge in [0.15, 0.2) is 0 Å². The van der Waals surface area contributed by atoms with Gasteiger partial charge in [0, 0.05) is 12.0 Å². The van der Waals surface area contributed by atoms with Gasteiger partial charge in [-0.15, -0.1) is 0 Å². The molecule has 1 atom stereocenters. The molecule has 102 valence electrons. The fraction of sp³-hybridized carbons (Fsp3) is 0.133. The van der Waals surface area contributed by atoms with Crippen LogP contribution >= 0.6 is 15.9 Å². The Bertz CT molecular complexity index is 682. The van der Waals surface area contributed by atoms with E-state index in [-0.39, 0.29) is 16.5 Å². The van der Waals surface area contributed by atoms with Crippen LogP contribution < -0.4 is 0 Å². The van der Waals surface area contributed by atoms with Crippen LogP contribution in [0.4, 0.5) is 8.78 Å². The van der Waals surface area contributed by atoms with E-state index in [1.807, 2.05) is 6.07 Å². The first-order valence-corrected chi connectivity index (χ1v) is 6.62. The third kappa shape index (κ3) is 3.03. The number of hydrogen-bond donors (Lipinski definition) is 1. The van der Waals surface area contributed by atoms with Crippen molar-refractivity contribution in [2.45, 2.75) is 12.5 Å². The van der Waals surface area contributed by atoms with Crippen molar-refractivity contribution in [2.75, 3.05) is 0 Å². The molecule has 2 rings (SSSR count). The van der Waals surface area contributed by atoms with E-state index in [1.165, 1.54) is 12.1 Å². The Morgan fingerprint density at radius 2 is 2.00 bits per heavy atom. The number of nitrogens with zero attached hydrogens (tertiary/aromatic N) is 1. The summed E-state index contributed by atoms with van der Waals surface area (Å²) in [6.07, 6.45) is -1.28. The molecule has 0 spiro atoms. The minimum Gasteiger partial charge on any atom is -0.388 e. The number of halogens is 3. The lowest BCUT2D eigenvalue weighted by Crippen LogP contribution is -2.06. The lowest BCUT2D eigenvalue weighted by Gasteiger charge is -2.13. The first-order chi connectivity index (χ1) is 9.52. The average molecular weight is 338 g/mol. The van der Waals surface area contributed by atoms with Gasteiger partial charge in [0.1, 0.15) is 11.6 Å². The minimum atomic E-state index is -1.08. The molecule has 0 bridgehead atoms. The summed E-state index contributed by atoms with van der Waals surface area (Å²) in [7, 11) is 0. The fourth-order valence-electron chi connectivity index (χ4n) is 1.88. The Morgan fingerprint density at radius 3 is 2.70 bits per heavy atom. The lowest BCUT2D eigenvalue weighted by atomic mass is 9.99. The molecule has 0 amide bonds. The molecule has 0 radical (unpaired) electrons. The van der Waals surface area contributed by atoms with E-state index >= 15 is 0 Å². The highest BCUT2D eigenvalue weighted by molar-refractivity contribution is 9.10. The van der Waals surface area contributed by atoms with E-state index in [1.54, 1.807) is 18.2 Å². The standard InChI is InChI=1S/C15H10BrF2NO/c16-12-4-5-13(17)11(15(12)18)7-14(20)10-3-1-2-9(6-10)8-19/h1-6,14,20H,7H2. The Labute approximate surface area is 123 Å². The van der Waals surface area contributed by atoms with Crippen LogP contribution in [-0.2, 0) is 6.42 Å². The monoisotopic (exact) mass is 337 g/mol. The molecule has 0 aromatic heterocycles. The summed E-state index contributed by atoms with van der Waals surface area (Å²) in [5, 5.41) is 18.9. The summed E-state index contributed by atoms with van der Waals surface area (Å²) in [5.41, 5.74) is 0.647. The van der Waals surface area contributed by atoms with Crippen LogP contribution in [0, 0.1) is 23.0 Å². The molecular weight excluding hydrogens is 328 g/mol. The second-order valence-corrected chi connectivity index (χ2v) is 5.13. The molecule has 0 aliphatic heterocycles. The maximum Gasteiger partial charge on any atom is 0.143 e. The molecule has 2 aromatic carbocycles. The van der Waals surface area contributed by atoms with Gasteiger partial charge in [0.05, 0.1) is 22.2 Å². The minimum absolute atomic E-state index is 0.145. The Balaban J connectivity index is 2.30. The smallest absolute Gasteiger partial charge is 0.143 e. The quantitative estimate of drug-likeness (QED) is 0.864. The van der Waals surface area contributed by atoms with Gasteiger partial charge in [-0.05, 0) is 45.8 Å². The largest absolute Gasteiger partial charge is 0.388 e. The molecule has 0 saturated heterocycles. The number of aliphatic hydroxyl groups is 1. The van der Waals surface area contributed by atoms with E-state index in [0.29, 0.717) is 11.1 Å². The molecule has 1 unspecified atom stereocenters. The van der Waals surface area contributed by atoms with Crippen molar-refractivity contribution in [1.29, 1.82) is 5.26 Å². The van der Waals surface area contributed by atoms with E-state index in [4.69, 9.17) is 5.26 Å². The molecule has 20 heavy (non-hydrogen) atoms. The van der Waals surface area contributed by atoms with E-state index in [9.17, 15) is 13.9 Å². The van der Waals surface area contributed by atoms with E-state index < -0.39 is 17.7 Å². The van der Waals surface area contributed by atoms with Crippen molar-refractivity contribution in [1.82, 2.24) is 0 Å². The second-order valence-electron chi connectivity index (χ2n) is 4.28. The Kier molecular flexibility index (Phi) is 4.48. The van der Waals surface area contributed by atoms with Crippen LogP contribution in [0.25, 0.3) is 0 Å². The number of rotatable bonds is 3. The van der Waals surface area contributed by atoms with E-state index in [2.05, 4.69) is 15.9 Å². The highest BCUT2D eigenvalue weighted by Gasteiger charge is 2.17. The predicted molar refractivity (Wildman–Crippen MR) is 73.9 cm³/mol. The van der Waals surface area contributed by atoms with Crippen LogP contribution in [0.2, 0.25) is 0 Å². The molecule has 0 saturated carbocycles. The van der Waals surface area contributed by atoms with Gasteiger partial charge in [-0.3, -0.25) is 0 Å². The van der Waals surface area contributed by atoms with Crippen molar-refractivity contribution < 1.29 is 13.9 Å². The number of hydrogen-bond acceptors (Lipinski definition) is 2. The van der Waals surface area contributed by atoms with Crippen LogP contribution in [0.3, 0.4) is 0 Å². The third-order valence-electron chi connectivity index (χ3n) is 2.94. The number of aliphatic hydroxyl groups excluding tert-OH is 1. The van der Waals surface area contributed by atoms with Gasteiger partial charge in [-0.2, -0.15) is 5.26 Å². The van der Waals surface area contributed by atoms with Crippen molar-refractivity contribution in [3.05, 3.63) is 69.2 Å². The van der Waals surface area contributed by atoms with Crippen molar-refractivity contribution >= 4 is 15.9 Å². The number of nitriles is 1. The third-order valence-corrected chi connectivity index (χ3v) is 3.55. The maximum absolute atomic E-state index is 13.8. The summed E-state index contributed by atoms with van der Waals surface area (Å²) >= 11 is 2.98. The fourth-order valence-corrected chi connectivity index (χ4v) is 2.25. The molecule has 0 aliphatic rings. The zero-order chi connectivity index (χ0) is 14.7. The normalized spacial score (nSPS) is 11.9. The molecule has 0 heterocycles. The van der Waals surface area contributed by atoms with Crippen molar-refractivity contribution in [3.63, 3.8) is 0 Å². The van der Waals surface area contributed by atoms with Gasteiger partial charge in [0.25, 0.3) is 0 Å². The first-order valence-electron chi connectivity index (χ1n) is 5.83. The maximum atomic E-state index is 13.8. The van der Waals surface area contributed by atoms with Gasteiger partial charge in [-0.25, -0.2) is 8.78 Å². The summed E-state index contributed by atoms with van der Waals surface area (Å²) in [4.78, 5) is 0.